The van der Waals surface area contributed by atoms with E-state index in [-0.39, 0.29) is 23.0 Å². The van der Waals surface area contributed by atoms with Gasteiger partial charge in [0.1, 0.15) is 5.39 Å². The number of fused-ring (bicyclic) bond motifs is 1. The maximum atomic E-state index is 12.9. The smallest absolute Gasteiger partial charge is 0.334 e. The topological polar surface area (TPSA) is 111 Å². The van der Waals surface area contributed by atoms with Crippen LogP contribution in [0, 0.1) is 0 Å². The van der Waals surface area contributed by atoms with E-state index in [4.69, 9.17) is 9.47 Å². The molecule has 4 rings (SSSR count). The summed E-state index contributed by atoms with van der Waals surface area (Å²) in [5.41, 5.74) is 0.513. The molecule has 0 fully saturated rings. The minimum absolute atomic E-state index is 0.166. The zero-order valence-electron chi connectivity index (χ0n) is 17.2. The fourth-order valence-electron chi connectivity index (χ4n) is 3.28. The van der Waals surface area contributed by atoms with Gasteiger partial charge in [0.2, 0.25) is 5.95 Å². The molecule has 9 nitrogen and oxygen atoms in total. The molecule has 2 aromatic carbocycles. The Bertz CT molecular complexity index is 1350. The first-order valence-electron chi connectivity index (χ1n) is 9.57. The van der Waals surface area contributed by atoms with Crippen LogP contribution in [-0.2, 0) is 0 Å². The highest BCUT2D eigenvalue weighted by Crippen LogP contribution is 2.30. The first-order chi connectivity index (χ1) is 15.0. The zero-order chi connectivity index (χ0) is 22.0. The molecule has 0 amide bonds. The molecule has 4 aromatic rings. The van der Waals surface area contributed by atoms with Crippen molar-refractivity contribution in [2.75, 3.05) is 19.5 Å². The Kier molecular flexibility index (Phi) is 5.40. The minimum Gasteiger partial charge on any atom is -0.493 e. The van der Waals surface area contributed by atoms with Gasteiger partial charge in [-0.15, -0.1) is 0 Å². The van der Waals surface area contributed by atoms with Crippen LogP contribution in [0.5, 0.6) is 11.5 Å². The molecule has 2 N–H and O–H groups in total. The summed E-state index contributed by atoms with van der Waals surface area (Å²) in [6.07, 6.45) is 1.41. The Morgan fingerprint density at radius 2 is 1.77 bits per heavy atom. The van der Waals surface area contributed by atoms with Gasteiger partial charge in [0.25, 0.3) is 5.56 Å². The average Bonchev–Trinajstić information content (AvgIpc) is 2.79. The lowest BCUT2D eigenvalue weighted by Gasteiger charge is -2.16. The number of nitrogens with zero attached hydrogens (tertiary/aromatic N) is 3. The number of methoxy groups -OCH3 is 2. The number of nitrogens with one attached hydrogen (secondary N) is 2. The second-order valence-corrected chi connectivity index (χ2v) is 6.84. The van der Waals surface area contributed by atoms with Crippen molar-refractivity contribution in [2.45, 2.75) is 13.0 Å². The van der Waals surface area contributed by atoms with E-state index in [9.17, 15) is 9.59 Å². The lowest BCUT2D eigenvalue weighted by Crippen LogP contribution is -2.34. The number of hydrogen-bond donors (Lipinski definition) is 2. The molecule has 0 spiro atoms. The predicted molar refractivity (Wildman–Crippen MR) is 117 cm³/mol. The van der Waals surface area contributed by atoms with E-state index in [2.05, 4.69) is 20.3 Å². The van der Waals surface area contributed by atoms with Crippen LogP contribution in [0.1, 0.15) is 18.5 Å². The number of benzene rings is 2. The second-order valence-electron chi connectivity index (χ2n) is 6.84. The van der Waals surface area contributed by atoms with Crippen LogP contribution < -0.4 is 26.0 Å². The Morgan fingerprint density at radius 1 is 1.03 bits per heavy atom. The molecular weight excluding hydrogens is 398 g/mol. The Hall–Kier alpha value is -4.14. The van der Waals surface area contributed by atoms with Gasteiger partial charge in [0.05, 0.1) is 25.9 Å². The summed E-state index contributed by atoms with van der Waals surface area (Å²) in [7, 11) is 3.15. The molecule has 0 aliphatic carbocycles. The molecule has 0 aliphatic heterocycles. The van der Waals surface area contributed by atoms with Gasteiger partial charge in [-0.25, -0.2) is 14.3 Å². The molecule has 0 radical (unpaired) electrons. The van der Waals surface area contributed by atoms with E-state index in [0.717, 1.165) is 10.1 Å². The van der Waals surface area contributed by atoms with Crippen molar-refractivity contribution < 1.29 is 9.47 Å². The SMILES string of the molecule is COc1ccc([C@@H](C)Nc2ncc3c(=O)n(-c4ccccc4)c(=O)[nH]c3n2)cc1OC. The van der Waals surface area contributed by atoms with Crippen molar-refractivity contribution in [3.63, 3.8) is 0 Å². The number of ether oxygens (including phenoxy) is 2. The van der Waals surface area contributed by atoms with Gasteiger partial charge in [0, 0.05) is 6.20 Å². The van der Waals surface area contributed by atoms with E-state index in [1.807, 2.05) is 31.2 Å². The molecule has 158 valence electrons. The number of rotatable bonds is 6. The van der Waals surface area contributed by atoms with Crippen molar-refractivity contribution in [3.05, 3.63) is 81.1 Å². The highest BCUT2D eigenvalue weighted by atomic mass is 16.5. The quantitative estimate of drug-likeness (QED) is 0.494. The Balaban J connectivity index is 1.67. The molecule has 9 heteroatoms. The summed E-state index contributed by atoms with van der Waals surface area (Å²) in [4.78, 5) is 36.6. The number of anilines is 1. The molecule has 1 atom stereocenters. The number of H-pyrrole nitrogens is 1. The third-order valence-electron chi connectivity index (χ3n) is 4.92. The maximum absolute atomic E-state index is 12.9. The van der Waals surface area contributed by atoms with Crippen LogP contribution in [0.15, 0.2) is 64.3 Å². The number of hydrogen-bond acceptors (Lipinski definition) is 7. The van der Waals surface area contributed by atoms with Crippen LogP contribution in [0.4, 0.5) is 5.95 Å². The summed E-state index contributed by atoms with van der Waals surface area (Å²) in [5, 5.41) is 3.39. The van der Waals surface area contributed by atoms with E-state index in [0.29, 0.717) is 17.2 Å². The largest absolute Gasteiger partial charge is 0.493 e. The fourth-order valence-corrected chi connectivity index (χ4v) is 3.28. The van der Waals surface area contributed by atoms with Crippen LogP contribution in [0.2, 0.25) is 0 Å². The highest BCUT2D eigenvalue weighted by Gasteiger charge is 2.14. The Morgan fingerprint density at radius 3 is 2.48 bits per heavy atom. The van der Waals surface area contributed by atoms with Gasteiger partial charge in [-0.3, -0.25) is 9.78 Å². The lowest BCUT2D eigenvalue weighted by molar-refractivity contribution is 0.354. The van der Waals surface area contributed by atoms with Crippen molar-refractivity contribution >= 4 is 17.0 Å². The average molecular weight is 419 g/mol. The third-order valence-corrected chi connectivity index (χ3v) is 4.92. The predicted octanol–water partition coefficient (Wildman–Crippen LogP) is 2.66. The lowest BCUT2D eigenvalue weighted by atomic mass is 10.1. The molecule has 0 saturated carbocycles. The fraction of sp³-hybridized carbons (Fsp3) is 0.182. The molecular formula is C22H21N5O4. The third kappa shape index (κ3) is 3.85. The van der Waals surface area contributed by atoms with Crippen molar-refractivity contribution in [1.82, 2.24) is 19.5 Å². The number of aromatic nitrogens is 4. The highest BCUT2D eigenvalue weighted by molar-refractivity contribution is 5.73. The summed E-state index contributed by atoms with van der Waals surface area (Å²) in [6, 6.07) is 14.1. The van der Waals surface area contributed by atoms with Crippen LogP contribution in [0.3, 0.4) is 0 Å². The van der Waals surface area contributed by atoms with Gasteiger partial charge in [-0.05, 0) is 36.8 Å². The van der Waals surface area contributed by atoms with Crippen molar-refractivity contribution in [3.8, 4) is 17.2 Å². The summed E-state index contributed by atoms with van der Waals surface area (Å²) in [5.74, 6) is 1.52. The van der Waals surface area contributed by atoms with Crippen molar-refractivity contribution in [2.24, 2.45) is 0 Å². The first-order valence-corrected chi connectivity index (χ1v) is 9.57. The monoisotopic (exact) mass is 419 g/mol. The summed E-state index contributed by atoms with van der Waals surface area (Å²) < 4.78 is 11.7. The molecule has 0 unspecified atom stereocenters. The normalized spacial score (nSPS) is 11.8. The van der Waals surface area contributed by atoms with Crippen molar-refractivity contribution in [1.29, 1.82) is 0 Å². The molecule has 0 saturated heterocycles. The Labute approximate surface area is 177 Å². The van der Waals surface area contributed by atoms with Gasteiger partial charge in [0.15, 0.2) is 17.1 Å². The van der Waals surface area contributed by atoms with Gasteiger partial charge >= 0.3 is 5.69 Å². The van der Waals surface area contributed by atoms with E-state index < -0.39 is 11.2 Å². The zero-order valence-corrected chi connectivity index (χ0v) is 17.2. The van der Waals surface area contributed by atoms with E-state index in [1.165, 1.54) is 6.20 Å². The number of aromatic amines is 1. The molecule has 0 aliphatic rings. The standard InChI is InChI=1S/C22H21N5O4/c1-13(14-9-10-17(30-2)18(11-14)31-3)24-21-23-12-16-19(25-21)26-22(29)27(20(16)28)15-7-5-4-6-8-15/h4-13H,1-3H3,(H2,23,24,25,26,29)/t13-/m1/s1. The molecule has 0 bridgehead atoms. The summed E-state index contributed by atoms with van der Waals surface area (Å²) >= 11 is 0. The van der Waals surface area contributed by atoms with Crippen LogP contribution in [-0.4, -0.2) is 33.7 Å². The minimum atomic E-state index is -0.568. The van der Waals surface area contributed by atoms with Gasteiger partial charge in [-0.2, -0.15) is 4.98 Å². The molecule has 2 heterocycles. The molecule has 2 aromatic heterocycles. The van der Waals surface area contributed by atoms with Gasteiger partial charge in [-0.1, -0.05) is 24.3 Å². The van der Waals surface area contributed by atoms with Crippen LogP contribution >= 0.6 is 0 Å². The summed E-state index contributed by atoms with van der Waals surface area (Å²) in [6.45, 7) is 1.94. The maximum Gasteiger partial charge on any atom is 0.334 e. The van der Waals surface area contributed by atoms with E-state index >= 15 is 0 Å². The molecule has 31 heavy (non-hydrogen) atoms. The van der Waals surface area contributed by atoms with Crippen LogP contribution in [0.25, 0.3) is 16.7 Å². The first kappa shape index (κ1) is 20.1. The number of para-hydroxylation sites is 1. The van der Waals surface area contributed by atoms with Gasteiger partial charge < -0.3 is 14.8 Å². The second kappa shape index (κ2) is 8.31. The van der Waals surface area contributed by atoms with E-state index in [1.54, 1.807) is 38.5 Å².